The fraction of sp³-hybridized carbons (Fsp3) is 0.500. The molecule has 2 N–H and O–H groups in total. The van der Waals surface area contributed by atoms with E-state index < -0.39 is 0 Å². The van der Waals surface area contributed by atoms with Gasteiger partial charge < -0.3 is 10.6 Å². The fourth-order valence-electron chi connectivity index (χ4n) is 3.27. The molecule has 0 saturated carbocycles. The largest absolute Gasteiger partial charge is 0.348 e. The van der Waals surface area contributed by atoms with Gasteiger partial charge in [0, 0.05) is 17.1 Å². The van der Waals surface area contributed by atoms with Crippen LogP contribution in [0.25, 0.3) is 5.69 Å². The molecule has 1 aliphatic rings. The van der Waals surface area contributed by atoms with Crippen molar-refractivity contribution in [3.05, 3.63) is 40.7 Å². The first-order chi connectivity index (χ1) is 12.1. The minimum absolute atomic E-state index is 0. The van der Waals surface area contributed by atoms with Gasteiger partial charge in [-0.15, -0.1) is 17.5 Å². The number of piperidine rings is 1. The van der Waals surface area contributed by atoms with Crippen LogP contribution in [0.5, 0.6) is 0 Å². The van der Waals surface area contributed by atoms with Crippen LogP contribution in [0.4, 0.5) is 0 Å². The van der Waals surface area contributed by atoms with Crippen LogP contribution in [-0.2, 0) is 6.42 Å². The molecule has 142 valence electrons. The quantitative estimate of drug-likeness (QED) is 0.812. The Bertz CT molecular complexity index is 749. The topological polar surface area (TPSA) is 71.8 Å². The van der Waals surface area contributed by atoms with E-state index in [2.05, 4.69) is 34.8 Å². The third-order valence-electron chi connectivity index (χ3n) is 4.48. The van der Waals surface area contributed by atoms with Crippen LogP contribution < -0.4 is 10.6 Å². The Morgan fingerprint density at radius 1 is 1.46 bits per heavy atom. The van der Waals surface area contributed by atoms with Crippen molar-refractivity contribution in [1.82, 2.24) is 25.6 Å². The molecule has 26 heavy (non-hydrogen) atoms. The van der Waals surface area contributed by atoms with Gasteiger partial charge in [0.1, 0.15) is 0 Å². The van der Waals surface area contributed by atoms with Gasteiger partial charge >= 0.3 is 0 Å². The van der Waals surface area contributed by atoms with Crippen molar-refractivity contribution in [2.75, 3.05) is 6.54 Å². The smallest absolute Gasteiger partial charge is 0.273 e. The van der Waals surface area contributed by atoms with Crippen molar-refractivity contribution in [2.24, 2.45) is 0 Å². The number of rotatable bonds is 5. The van der Waals surface area contributed by atoms with Crippen molar-refractivity contribution < 1.29 is 4.79 Å². The third kappa shape index (κ3) is 4.75. The van der Waals surface area contributed by atoms with E-state index in [0.29, 0.717) is 16.8 Å². The molecule has 0 radical (unpaired) electrons. The van der Waals surface area contributed by atoms with Gasteiger partial charge in [0.25, 0.3) is 5.91 Å². The molecule has 1 saturated heterocycles. The molecule has 3 rings (SSSR count). The number of hydrogen-bond acceptors (Lipinski definition) is 4. The van der Waals surface area contributed by atoms with Crippen molar-refractivity contribution in [2.45, 2.75) is 51.6 Å². The van der Waals surface area contributed by atoms with E-state index in [4.69, 9.17) is 11.6 Å². The lowest BCUT2D eigenvalue weighted by Gasteiger charge is -2.28. The molecule has 2 aromatic rings. The molecular weight excluding hydrogens is 373 g/mol. The first-order valence-electron chi connectivity index (χ1n) is 8.83. The highest BCUT2D eigenvalue weighted by molar-refractivity contribution is 6.30. The van der Waals surface area contributed by atoms with Gasteiger partial charge in [0.15, 0.2) is 5.69 Å². The molecule has 1 fully saturated rings. The first kappa shape index (κ1) is 20.7. The highest BCUT2D eigenvalue weighted by Gasteiger charge is 2.25. The third-order valence-corrected chi connectivity index (χ3v) is 4.71. The number of nitrogens with one attached hydrogen (secondary N) is 2. The molecule has 2 atom stereocenters. The number of carbonyl (C=O) groups excluding carboxylic acids is 1. The number of nitrogens with zero attached hydrogens (tertiary/aromatic N) is 3. The van der Waals surface area contributed by atoms with Crippen LogP contribution in [0.1, 0.15) is 49.3 Å². The second kappa shape index (κ2) is 9.35. The summed E-state index contributed by atoms with van der Waals surface area (Å²) in [5.74, 6) is -0.143. The minimum atomic E-state index is -0.143. The van der Waals surface area contributed by atoms with Crippen LogP contribution in [-0.4, -0.2) is 39.5 Å². The Labute approximate surface area is 165 Å². The van der Waals surface area contributed by atoms with Crippen LogP contribution in [0.15, 0.2) is 24.3 Å². The van der Waals surface area contributed by atoms with Gasteiger partial charge in [0.05, 0.1) is 11.4 Å². The predicted octanol–water partition coefficient (Wildman–Crippen LogP) is 3.17. The van der Waals surface area contributed by atoms with E-state index >= 15 is 0 Å². The Kier molecular flexibility index (Phi) is 7.43. The normalized spacial score (nSPS) is 19.7. The lowest BCUT2D eigenvalue weighted by Crippen LogP contribution is -2.46. The first-order valence-corrected chi connectivity index (χ1v) is 9.21. The average Bonchev–Trinajstić information content (AvgIpc) is 2.99. The van der Waals surface area contributed by atoms with Gasteiger partial charge in [0.2, 0.25) is 0 Å². The van der Waals surface area contributed by atoms with Crippen LogP contribution in [0.3, 0.4) is 0 Å². The summed E-state index contributed by atoms with van der Waals surface area (Å²) in [6.07, 6.45) is 3.49. The second-order valence-corrected chi connectivity index (χ2v) is 7.01. The van der Waals surface area contributed by atoms with E-state index in [9.17, 15) is 4.79 Å². The summed E-state index contributed by atoms with van der Waals surface area (Å²) >= 11 is 6.09. The zero-order valence-corrected chi connectivity index (χ0v) is 16.6. The van der Waals surface area contributed by atoms with Crippen molar-refractivity contribution in [3.63, 3.8) is 0 Å². The molecule has 6 nitrogen and oxygen atoms in total. The summed E-state index contributed by atoms with van der Waals surface area (Å²) < 4.78 is 1.72. The molecule has 0 bridgehead atoms. The number of carbonyl (C=O) groups is 1. The van der Waals surface area contributed by atoms with E-state index in [0.717, 1.165) is 43.6 Å². The summed E-state index contributed by atoms with van der Waals surface area (Å²) in [4.78, 5) is 12.8. The van der Waals surface area contributed by atoms with Crippen molar-refractivity contribution in [3.8, 4) is 5.69 Å². The van der Waals surface area contributed by atoms with Crippen LogP contribution >= 0.6 is 24.0 Å². The maximum Gasteiger partial charge on any atom is 0.273 e. The highest BCUT2D eigenvalue weighted by Crippen LogP contribution is 2.19. The van der Waals surface area contributed by atoms with Crippen molar-refractivity contribution >= 4 is 29.9 Å². The number of amides is 1. The number of hydrogen-bond donors (Lipinski definition) is 2. The molecule has 1 amide bonds. The van der Waals surface area contributed by atoms with E-state index in [-0.39, 0.29) is 24.4 Å². The molecule has 1 aromatic carbocycles. The monoisotopic (exact) mass is 397 g/mol. The molecule has 0 spiro atoms. The van der Waals surface area contributed by atoms with Gasteiger partial charge in [-0.3, -0.25) is 4.79 Å². The fourth-order valence-corrected chi connectivity index (χ4v) is 3.46. The standard InChI is InChI=1S/C18H24ClN5O.ClH/c1-3-5-16-17(18(25)21-14-8-9-20-12(2)10-14)22-23-24(16)15-7-4-6-13(19)11-15;/h4,6-7,11-12,14,20H,3,5,8-10H2,1-2H3,(H,21,25);1H. The Hall–Kier alpha value is -1.63. The Balaban J connectivity index is 0.00000243. The lowest BCUT2D eigenvalue weighted by atomic mass is 10.0. The summed E-state index contributed by atoms with van der Waals surface area (Å²) in [7, 11) is 0. The summed E-state index contributed by atoms with van der Waals surface area (Å²) in [6, 6.07) is 8.01. The number of aromatic nitrogens is 3. The van der Waals surface area contributed by atoms with Crippen LogP contribution in [0, 0.1) is 0 Å². The molecule has 1 aromatic heterocycles. The minimum Gasteiger partial charge on any atom is -0.348 e. The molecule has 2 heterocycles. The van der Waals surface area contributed by atoms with Gasteiger partial charge in [-0.05, 0) is 50.9 Å². The lowest BCUT2D eigenvalue weighted by molar-refractivity contribution is 0.0919. The van der Waals surface area contributed by atoms with Gasteiger partial charge in [-0.25, -0.2) is 4.68 Å². The van der Waals surface area contributed by atoms with Gasteiger partial charge in [-0.2, -0.15) is 0 Å². The Morgan fingerprint density at radius 2 is 2.27 bits per heavy atom. The summed E-state index contributed by atoms with van der Waals surface area (Å²) in [5.41, 5.74) is 2.05. The van der Waals surface area contributed by atoms with E-state index in [1.165, 1.54) is 0 Å². The number of benzene rings is 1. The molecule has 0 aliphatic carbocycles. The predicted molar refractivity (Wildman–Crippen MR) is 106 cm³/mol. The Morgan fingerprint density at radius 3 is 2.96 bits per heavy atom. The van der Waals surface area contributed by atoms with E-state index in [1.54, 1.807) is 4.68 Å². The maximum absolute atomic E-state index is 12.8. The van der Waals surface area contributed by atoms with Gasteiger partial charge in [-0.1, -0.05) is 36.2 Å². The highest BCUT2D eigenvalue weighted by atomic mass is 35.5. The summed E-state index contributed by atoms with van der Waals surface area (Å²) in [5, 5.41) is 15.5. The second-order valence-electron chi connectivity index (χ2n) is 6.58. The molecule has 8 heteroatoms. The average molecular weight is 398 g/mol. The molecule has 1 aliphatic heterocycles. The van der Waals surface area contributed by atoms with Crippen molar-refractivity contribution in [1.29, 1.82) is 0 Å². The SMILES string of the molecule is CCCc1c(C(=O)NC2CCNC(C)C2)nnn1-c1cccc(Cl)c1.Cl. The van der Waals surface area contributed by atoms with Crippen LogP contribution in [0.2, 0.25) is 5.02 Å². The zero-order valence-electron chi connectivity index (χ0n) is 15.0. The molecular formula is C18H25Cl2N5O. The van der Waals surface area contributed by atoms with E-state index in [1.807, 2.05) is 24.3 Å². The maximum atomic E-state index is 12.8. The molecule has 2 unspecified atom stereocenters. The number of halogens is 2. The summed E-state index contributed by atoms with van der Waals surface area (Å²) in [6.45, 7) is 5.13. The zero-order chi connectivity index (χ0) is 17.8.